The molecule has 1 aromatic carbocycles. The lowest BCUT2D eigenvalue weighted by Gasteiger charge is -2.29. The van der Waals surface area contributed by atoms with Gasteiger partial charge in [-0.05, 0) is 30.4 Å². The van der Waals surface area contributed by atoms with Gasteiger partial charge in [-0.25, -0.2) is 0 Å². The predicted molar refractivity (Wildman–Crippen MR) is 85.1 cm³/mol. The van der Waals surface area contributed by atoms with Crippen LogP contribution in [0.15, 0.2) is 41.5 Å². The van der Waals surface area contributed by atoms with E-state index in [1.807, 2.05) is 51.1 Å². The maximum atomic E-state index is 12.2. The van der Waals surface area contributed by atoms with Gasteiger partial charge in [0, 0.05) is 12.2 Å². The lowest BCUT2D eigenvalue weighted by atomic mass is 9.82. The molecular weight excluding hydrogens is 278 g/mol. The van der Waals surface area contributed by atoms with Crippen molar-refractivity contribution in [2.24, 2.45) is 11.8 Å². The summed E-state index contributed by atoms with van der Waals surface area (Å²) >= 11 is 0. The molecule has 4 nitrogen and oxygen atoms in total. The summed E-state index contributed by atoms with van der Waals surface area (Å²) in [5, 5.41) is 2.47. The molecule has 1 aliphatic rings. The fourth-order valence-electron chi connectivity index (χ4n) is 2.84. The van der Waals surface area contributed by atoms with E-state index >= 15 is 0 Å². The van der Waals surface area contributed by atoms with Gasteiger partial charge in [-0.3, -0.25) is 14.9 Å². The molecule has 0 aliphatic carbocycles. The molecule has 0 bridgehead atoms. The van der Waals surface area contributed by atoms with Gasteiger partial charge < -0.3 is 4.74 Å². The summed E-state index contributed by atoms with van der Waals surface area (Å²) in [4.78, 5) is 24.5. The Hall–Kier alpha value is -1.94. The van der Waals surface area contributed by atoms with E-state index in [4.69, 9.17) is 4.74 Å². The fourth-order valence-corrected chi connectivity index (χ4v) is 2.84. The number of benzene rings is 1. The van der Waals surface area contributed by atoms with E-state index in [0.29, 0.717) is 25.2 Å². The molecule has 2 amide bonds. The van der Waals surface area contributed by atoms with E-state index in [1.165, 1.54) is 0 Å². The third-order valence-corrected chi connectivity index (χ3v) is 3.87. The molecule has 22 heavy (non-hydrogen) atoms. The SMILES string of the molecule is CCOCC1C(=O)NC(=O)C(C(C)C)=C1Cc1ccccc1. The second-order valence-electron chi connectivity index (χ2n) is 5.79. The quantitative estimate of drug-likeness (QED) is 0.821. The largest absolute Gasteiger partial charge is 0.381 e. The summed E-state index contributed by atoms with van der Waals surface area (Å²) < 4.78 is 5.47. The number of ether oxygens (including phenoxy) is 1. The van der Waals surface area contributed by atoms with Crippen LogP contribution < -0.4 is 5.32 Å². The number of hydrogen-bond donors (Lipinski definition) is 1. The van der Waals surface area contributed by atoms with E-state index in [1.54, 1.807) is 0 Å². The van der Waals surface area contributed by atoms with E-state index in [2.05, 4.69) is 5.32 Å². The molecule has 118 valence electrons. The van der Waals surface area contributed by atoms with Gasteiger partial charge in [-0.15, -0.1) is 0 Å². The smallest absolute Gasteiger partial charge is 0.254 e. The number of carbonyl (C=O) groups excluding carboxylic acids is 2. The maximum absolute atomic E-state index is 12.2. The van der Waals surface area contributed by atoms with E-state index in [-0.39, 0.29) is 17.7 Å². The molecule has 0 saturated carbocycles. The zero-order chi connectivity index (χ0) is 16.1. The van der Waals surface area contributed by atoms with Crippen molar-refractivity contribution in [1.29, 1.82) is 0 Å². The first-order valence-corrected chi connectivity index (χ1v) is 7.74. The van der Waals surface area contributed by atoms with Gasteiger partial charge in [0.2, 0.25) is 5.91 Å². The molecule has 1 aromatic rings. The average molecular weight is 301 g/mol. The lowest BCUT2D eigenvalue weighted by molar-refractivity contribution is -0.133. The topological polar surface area (TPSA) is 55.4 Å². The van der Waals surface area contributed by atoms with Gasteiger partial charge in [-0.2, -0.15) is 0 Å². The van der Waals surface area contributed by atoms with Crippen molar-refractivity contribution >= 4 is 11.8 Å². The second-order valence-corrected chi connectivity index (χ2v) is 5.79. The van der Waals surface area contributed by atoms with Crippen LogP contribution >= 0.6 is 0 Å². The number of carbonyl (C=O) groups is 2. The molecule has 4 heteroatoms. The fraction of sp³-hybridized carbons (Fsp3) is 0.444. The molecular formula is C18H23NO3. The number of rotatable bonds is 6. The highest BCUT2D eigenvalue weighted by atomic mass is 16.5. The summed E-state index contributed by atoms with van der Waals surface area (Å²) in [6.07, 6.45) is 0.602. The maximum Gasteiger partial charge on any atom is 0.254 e. The normalized spacial score (nSPS) is 18.8. The van der Waals surface area contributed by atoms with Gasteiger partial charge in [0.25, 0.3) is 5.91 Å². The van der Waals surface area contributed by atoms with Crippen molar-refractivity contribution in [2.45, 2.75) is 27.2 Å². The Balaban J connectivity index is 2.42. The van der Waals surface area contributed by atoms with Crippen molar-refractivity contribution in [3.63, 3.8) is 0 Å². The lowest BCUT2D eigenvalue weighted by Crippen LogP contribution is -2.46. The standard InChI is InChI=1S/C18H23NO3/c1-4-22-11-15-14(10-13-8-6-5-7-9-13)16(12(2)3)18(21)19-17(15)20/h5-9,12,15H,4,10-11H2,1-3H3,(H,19,20,21). The molecule has 1 unspecified atom stereocenters. The molecule has 1 N–H and O–H groups in total. The van der Waals surface area contributed by atoms with Crippen molar-refractivity contribution in [3.8, 4) is 0 Å². The van der Waals surface area contributed by atoms with E-state index in [9.17, 15) is 9.59 Å². The van der Waals surface area contributed by atoms with Crippen LogP contribution in [0.25, 0.3) is 0 Å². The van der Waals surface area contributed by atoms with Crippen LogP contribution in [0.2, 0.25) is 0 Å². The van der Waals surface area contributed by atoms with Crippen LogP contribution in [0.3, 0.4) is 0 Å². The highest BCUT2D eigenvalue weighted by Crippen LogP contribution is 2.29. The molecule has 0 radical (unpaired) electrons. The molecule has 1 aliphatic heterocycles. The van der Waals surface area contributed by atoms with Crippen molar-refractivity contribution in [1.82, 2.24) is 5.32 Å². The Morgan fingerprint density at radius 1 is 1.18 bits per heavy atom. The van der Waals surface area contributed by atoms with Crippen LogP contribution in [-0.4, -0.2) is 25.0 Å². The Morgan fingerprint density at radius 2 is 1.86 bits per heavy atom. The summed E-state index contributed by atoms with van der Waals surface area (Å²) in [7, 11) is 0. The second kappa shape index (κ2) is 7.36. The first-order valence-electron chi connectivity index (χ1n) is 7.74. The molecule has 0 saturated heterocycles. The monoisotopic (exact) mass is 301 g/mol. The van der Waals surface area contributed by atoms with Crippen molar-refractivity contribution in [3.05, 3.63) is 47.0 Å². The molecule has 1 heterocycles. The first-order chi connectivity index (χ1) is 10.5. The molecule has 1 atom stereocenters. The summed E-state index contributed by atoms with van der Waals surface area (Å²) in [6, 6.07) is 9.91. The Bertz CT molecular complexity index is 575. The van der Waals surface area contributed by atoms with Crippen LogP contribution in [0.1, 0.15) is 26.3 Å². The van der Waals surface area contributed by atoms with E-state index in [0.717, 1.165) is 11.1 Å². The zero-order valence-electron chi connectivity index (χ0n) is 13.4. The Kier molecular flexibility index (Phi) is 5.50. The summed E-state index contributed by atoms with van der Waals surface area (Å²) in [5.41, 5.74) is 2.70. The highest BCUT2D eigenvalue weighted by Gasteiger charge is 2.35. The molecule has 0 aromatic heterocycles. The van der Waals surface area contributed by atoms with E-state index < -0.39 is 5.92 Å². The predicted octanol–water partition coefficient (Wildman–Crippen LogP) is 2.49. The Labute approximate surface area is 131 Å². The minimum absolute atomic E-state index is 0.0657. The molecule has 2 rings (SSSR count). The number of nitrogens with one attached hydrogen (secondary N) is 1. The van der Waals surface area contributed by atoms with Gasteiger partial charge in [0.05, 0.1) is 12.5 Å². The highest BCUT2D eigenvalue weighted by molar-refractivity contribution is 6.09. The third kappa shape index (κ3) is 3.63. The van der Waals surface area contributed by atoms with Crippen LogP contribution in [0, 0.1) is 11.8 Å². The third-order valence-electron chi connectivity index (χ3n) is 3.87. The minimum Gasteiger partial charge on any atom is -0.381 e. The zero-order valence-corrected chi connectivity index (χ0v) is 13.4. The average Bonchev–Trinajstić information content (AvgIpc) is 2.47. The van der Waals surface area contributed by atoms with Crippen molar-refractivity contribution in [2.75, 3.05) is 13.2 Å². The minimum atomic E-state index is -0.393. The van der Waals surface area contributed by atoms with Crippen LogP contribution in [-0.2, 0) is 20.7 Å². The molecule has 0 spiro atoms. The molecule has 0 fully saturated rings. The van der Waals surface area contributed by atoms with Gasteiger partial charge >= 0.3 is 0 Å². The summed E-state index contributed by atoms with van der Waals surface area (Å²) in [6.45, 7) is 6.72. The number of hydrogen-bond acceptors (Lipinski definition) is 3. The van der Waals surface area contributed by atoms with Gasteiger partial charge in [0.1, 0.15) is 0 Å². The summed E-state index contributed by atoms with van der Waals surface area (Å²) in [5.74, 6) is -0.848. The first kappa shape index (κ1) is 16.4. The van der Waals surface area contributed by atoms with Crippen LogP contribution in [0.4, 0.5) is 0 Å². The Morgan fingerprint density at radius 3 is 2.45 bits per heavy atom. The number of amides is 2. The van der Waals surface area contributed by atoms with Gasteiger partial charge in [0.15, 0.2) is 0 Å². The van der Waals surface area contributed by atoms with Crippen LogP contribution in [0.5, 0.6) is 0 Å². The number of imide groups is 1. The van der Waals surface area contributed by atoms with Crippen molar-refractivity contribution < 1.29 is 14.3 Å². The van der Waals surface area contributed by atoms with Gasteiger partial charge in [-0.1, -0.05) is 44.2 Å².